The third kappa shape index (κ3) is 5.58. The van der Waals surface area contributed by atoms with E-state index >= 15 is 0 Å². The minimum atomic E-state index is -0.635. The van der Waals surface area contributed by atoms with Gasteiger partial charge in [-0.1, -0.05) is 0 Å². The predicted molar refractivity (Wildman–Crippen MR) is 141 cm³/mol. The zero-order valence-corrected chi connectivity index (χ0v) is 21.3. The van der Waals surface area contributed by atoms with Gasteiger partial charge in [0.05, 0.1) is 29.7 Å². The SMILES string of the molecule is COC[C@H]1CCCN1CCNC(=O)c1ccc(F)c(NC(=O)c2cnc3[nH]c(-c4cnn(C)c4)cc3c2)c1. The smallest absolute Gasteiger partial charge is 0.257 e. The molecule has 1 fully saturated rings. The minimum absolute atomic E-state index is 0.0763. The molecule has 4 heterocycles. The Morgan fingerprint density at radius 2 is 2.05 bits per heavy atom. The lowest BCUT2D eigenvalue weighted by Crippen LogP contribution is -2.39. The van der Waals surface area contributed by atoms with E-state index in [9.17, 15) is 14.0 Å². The number of aromatic amines is 1. The number of carbonyl (C=O) groups is 2. The van der Waals surface area contributed by atoms with Crippen molar-refractivity contribution in [1.29, 1.82) is 0 Å². The summed E-state index contributed by atoms with van der Waals surface area (Å²) in [6, 6.07) is 7.84. The van der Waals surface area contributed by atoms with Gasteiger partial charge in [-0.25, -0.2) is 9.37 Å². The number of H-pyrrole nitrogens is 1. The van der Waals surface area contributed by atoms with E-state index in [-0.39, 0.29) is 22.7 Å². The Balaban J connectivity index is 1.23. The molecule has 3 N–H and O–H groups in total. The van der Waals surface area contributed by atoms with Crippen LogP contribution < -0.4 is 10.6 Å². The van der Waals surface area contributed by atoms with E-state index in [1.54, 1.807) is 24.1 Å². The molecule has 0 unspecified atom stereocenters. The van der Waals surface area contributed by atoms with Crippen molar-refractivity contribution in [1.82, 2.24) is 30.0 Å². The van der Waals surface area contributed by atoms with Crippen molar-refractivity contribution in [3.63, 3.8) is 0 Å². The molecule has 0 bridgehead atoms. The summed E-state index contributed by atoms with van der Waals surface area (Å²) < 4.78 is 21.5. The Labute approximate surface area is 219 Å². The first-order valence-corrected chi connectivity index (χ1v) is 12.5. The second-order valence-corrected chi connectivity index (χ2v) is 9.44. The third-order valence-electron chi connectivity index (χ3n) is 6.77. The average Bonchev–Trinajstić information content (AvgIpc) is 3.65. The number of nitrogens with zero attached hydrogens (tertiary/aromatic N) is 4. The summed E-state index contributed by atoms with van der Waals surface area (Å²) in [4.78, 5) is 35.5. The van der Waals surface area contributed by atoms with Gasteiger partial charge in [0.1, 0.15) is 11.5 Å². The Morgan fingerprint density at radius 3 is 2.84 bits per heavy atom. The topological polar surface area (TPSA) is 117 Å². The van der Waals surface area contributed by atoms with E-state index in [0.717, 1.165) is 36.0 Å². The number of anilines is 1. The minimum Gasteiger partial charge on any atom is -0.383 e. The second-order valence-electron chi connectivity index (χ2n) is 9.44. The predicted octanol–water partition coefficient (Wildman–Crippen LogP) is 3.20. The largest absolute Gasteiger partial charge is 0.383 e. The first-order chi connectivity index (χ1) is 18.4. The summed E-state index contributed by atoms with van der Waals surface area (Å²) in [5, 5.41) is 10.4. The van der Waals surface area contributed by atoms with E-state index in [1.165, 1.54) is 24.4 Å². The van der Waals surface area contributed by atoms with Crippen molar-refractivity contribution in [2.75, 3.05) is 38.7 Å². The molecule has 5 rings (SSSR count). The molecule has 0 radical (unpaired) electrons. The maximum Gasteiger partial charge on any atom is 0.257 e. The van der Waals surface area contributed by atoms with Crippen molar-refractivity contribution >= 4 is 28.5 Å². The van der Waals surface area contributed by atoms with Gasteiger partial charge in [-0.3, -0.25) is 19.2 Å². The van der Waals surface area contributed by atoms with Crippen LogP contribution in [-0.2, 0) is 11.8 Å². The quantitative estimate of drug-likeness (QED) is 0.313. The zero-order valence-electron chi connectivity index (χ0n) is 21.3. The highest BCUT2D eigenvalue weighted by molar-refractivity contribution is 6.06. The molecule has 1 aromatic carbocycles. The van der Waals surface area contributed by atoms with Crippen LogP contribution in [0.25, 0.3) is 22.3 Å². The van der Waals surface area contributed by atoms with E-state index in [4.69, 9.17) is 4.74 Å². The normalized spacial score (nSPS) is 15.7. The monoisotopic (exact) mass is 519 g/mol. The van der Waals surface area contributed by atoms with Crippen molar-refractivity contribution in [3.8, 4) is 11.3 Å². The number of methoxy groups -OCH3 is 1. The van der Waals surface area contributed by atoms with Gasteiger partial charge in [0.25, 0.3) is 11.8 Å². The zero-order chi connectivity index (χ0) is 26.6. The number of aryl methyl sites for hydroxylation is 1. The van der Waals surface area contributed by atoms with Crippen LogP contribution in [0.4, 0.5) is 10.1 Å². The van der Waals surface area contributed by atoms with Crippen LogP contribution in [0.2, 0.25) is 0 Å². The molecule has 1 atom stereocenters. The summed E-state index contributed by atoms with van der Waals surface area (Å²) in [5.41, 5.74) is 2.78. The van der Waals surface area contributed by atoms with Crippen LogP contribution >= 0.6 is 0 Å². The van der Waals surface area contributed by atoms with Crippen molar-refractivity contribution < 1.29 is 18.7 Å². The molecule has 1 saturated heterocycles. The highest BCUT2D eigenvalue weighted by Crippen LogP contribution is 2.24. The lowest BCUT2D eigenvalue weighted by atomic mass is 10.1. The van der Waals surface area contributed by atoms with Gasteiger partial charge in [-0.05, 0) is 49.7 Å². The van der Waals surface area contributed by atoms with E-state index in [2.05, 4.69) is 30.6 Å². The third-order valence-corrected chi connectivity index (χ3v) is 6.77. The molecule has 0 saturated carbocycles. The van der Waals surface area contributed by atoms with Crippen LogP contribution in [-0.4, -0.2) is 75.9 Å². The van der Waals surface area contributed by atoms with Gasteiger partial charge in [-0.2, -0.15) is 5.10 Å². The van der Waals surface area contributed by atoms with E-state index < -0.39 is 11.7 Å². The molecule has 4 aromatic rings. The maximum atomic E-state index is 14.5. The molecule has 38 heavy (non-hydrogen) atoms. The standard InChI is InChI=1S/C27H30FN7O3/c1-34-15-20(14-31-34)23-12-18-10-19(13-30-25(18)32-23)27(37)33-24-11-17(5-6-22(24)28)26(36)29-7-9-35-8-3-4-21(35)16-38-2/h5-6,10-15,21H,3-4,7-9,16H2,1-2H3,(H,29,36)(H,30,32)(H,33,37)/t21-/m1/s1. The molecule has 10 nitrogen and oxygen atoms in total. The number of rotatable bonds is 9. The van der Waals surface area contributed by atoms with Crippen molar-refractivity contribution in [2.45, 2.75) is 18.9 Å². The van der Waals surface area contributed by atoms with Crippen LogP contribution in [0.1, 0.15) is 33.6 Å². The van der Waals surface area contributed by atoms with Crippen molar-refractivity contribution in [2.24, 2.45) is 7.05 Å². The van der Waals surface area contributed by atoms with E-state index in [0.29, 0.717) is 31.4 Å². The van der Waals surface area contributed by atoms with Crippen LogP contribution in [0.3, 0.4) is 0 Å². The highest BCUT2D eigenvalue weighted by Gasteiger charge is 2.24. The number of pyridine rings is 1. The lowest BCUT2D eigenvalue weighted by Gasteiger charge is -2.23. The molecule has 1 aliphatic heterocycles. The number of hydrogen-bond donors (Lipinski definition) is 3. The molecule has 3 aromatic heterocycles. The first kappa shape index (κ1) is 25.6. The highest BCUT2D eigenvalue weighted by atomic mass is 19.1. The van der Waals surface area contributed by atoms with Gasteiger partial charge in [0.15, 0.2) is 0 Å². The fourth-order valence-corrected chi connectivity index (χ4v) is 4.80. The Morgan fingerprint density at radius 1 is 1.18 bits per heavy atom. The van der Waals surface area contributed by atoms with Gasteiger partial charge in [-0.15, -0.1) is 0 Å². The van der Waals surface area contributed by atoms with E-state index in [1.807, 2.05) is 19.3 Å². The summed E-state index contributed by atoms with van der Waals surface area (Å²) in [7, 11) is 3.52. The van der Waals surface area contributed by atoms with Gasteiger partial charge in [0.2, 0.25) is 0 Å². The number of carbonyl (C=O) groups excluding carboxylic acids is 2. The fraction of sp³-hybridized carbons (Fsp3) is 0.333. The van der Waals surface area contributed by atoms with Gasteiger partial charge in [0, 0.05) is 62.2 Å². The number of benzene rings is 1. The molecular weight excluding hydrogens is 489 g/mol. The lowest BCUT2D eigenvalue weighted by molar-refractivity contribution is 0.0931. The molecular formula is C27H30FN7O3. The van der Waals surface area contributed by atoms with Crippen LogP contribution in [0.15, 0.2) is 48.9 Å². The maximum absolute atomic E-state index is 14.5. The van der Waals surface area contributed by atoms with Gasteiger partial charge < -0.3 is 20.4 Å². The summed E-state index contributed by atoms with van der Waals surface area (Å²) in [6.45, 7) is 2.82. The summed E-state index contributed by atoms with van der Waals surface area (Å²) in [6.07, 6.45) is 7.22. The number of halogens is 1. The first-order valence-electron chi connectivity index (χ1n) is 12.5. The Bertz CT molecular complexity index is 1460. The number of hydrogen-bond acceptors (Lipinski definition) is 6. The van der Waals surface area contributed by atoms with Crippen LogP contribution in [0, 0.1) is 5.82 Å². The second kappa shape index (κ2) is 11.1. The number of aromatic nitrogens is 4. The molecule has 0 spiro atoms. The van der Waals surface area contributed by atoms with Crippen molar-refractivity contribution in [3.05, 3.63) is 65.9 Å². The Hall–Kier alpha value is -4.09. The number of ether oxygens (including phenoxy) is 1. The van der Waals surface area contributed by atoms with Crippen LogP contribution in [0.5, 0.6) is 0 Å². The number of nitrogens with one attached hydrogen (secondary N) is 3. The fourth-order valence-electron chi connectivity index (χ4n) is 4.80. The molecule has 11 heteroatoms. The Kier molecular flexibility index (Phi) is 7.47. The molecule has 198 valence electrons. The number of fused-ring (bicyclic) bond motifs is 1. The number of likely N-dealkylation sites (tertiary alicyclic amines) is 1. The summed E-state index contributed by atoms with van der Waals surface area (Å²) >= 11 is 0. The van der Waals surface area contributed by atoms with Gasteiger partial charge >= 0.3 is 0 Å². The molecule has 2 amide bonds. The molecule has 0 aliphatic carbocycles. The molecule has 1 aliphatic rings. The number of amides is 2. The summed E-state index contributed by atoms with van der Waals surface area (Å²) in [5.74, 6) is -1.50. The average molecular weight is 520 g/mol.